The molecule has 1 heterocycles. The minimum absolute atomic E-state index is 0.0346. The van der Waals surface area contributed by atoms with Crippen LogP contribution in [0.4, 0.5) is 10.5 Å². The quantitative estimate of drug-likeness (QED) is 0.531. The lowest BCUT2D eigenvalue weighted by atomic mass is 9.97. The Hall–Kier alpha value is -3.58. The summed E-state index contributed by atoms with van der Waals surface area (Å²) in [5, 5.41) is 4.20. The Morgan fingerprint density at radius 1 is 0.893 bits per heavy atom. The number of carbonyl (C=O) groups is 4. The van der Waals surface area contributed by atoms with Crippen LogP contribution in [0.15, 0.2) is 66.0 Å². The number of fused-ring (bicyclic) bond motifs is 1. The molecule has 0 radical (unpaired) electrons. The van der Waals surface area contributed by atoms with E-state index in [4.69, 9.17) is 4.74 Å². The molecule has 0 fully saturated rings. The maximum Gasteiger partial charge on any atom is 0.417 e. The Morgan fingerprint density at radius 3 is 2.39 bits per heavy atom. The number of amides is 1. The van der Waals surface area contributed by atoms with E-state index in [1.165, 1.54) is 23.5 Å². The fraction of sp³-hybridized carbons (Fsp3) is 0.0476. The monoisotopic (exact) mass is 391 g/mol. The van der Waals surface area contributed by atoms with Crippen LogP contribution in [0.5, 0.6) is 5.75 Å². The molecule has 2 aromatic carbocycles. The molecule has 28 heavy (non-hydrogen) atoms. The van der Waals surface area contributed by atoms with Gasteiger partial charge in [0.25, 0.3) is 0 Å². The highest BCUT2D eigenvalue weighted by Gasteiger charge is 2.45. The molecule has 0 aliphatic heterocycles. The molecule has 1 N–H and O–H groups in total. The Balaban J connectivity index is 1.61. The Bertz CT molecular complexity index is 1090. The van der Waals surface area contributed by atoms with Gasteiger partial charge in [0.05, 0.1) is 16.1 Å². The lowest BCUT2D eigenvalue weighted by Gasteiger charge is -2.09. The molecular formula is C21H13NO5S. The fourth-order valence-corrected chi connectivity index (χ4v) is 3.77. The van der Waals surface area contributed by atoms with Crippen molar-refractivity contribution in [2.45, 2.75) is 0 Å². The van der Waals surface area contributed by atoms with Gasteiger partial charge in [-0.05, 0) is 29.6 Å². The normalized spacial score (nSPS) is 15.2. The van der Waals surface area contributed by atoms with Gasteiger partial charge in [-0.15, -0.1) is 11.3 Å². The van der Waals surface area contributed by atoms with Crippen molar-refractivity contribution in [3.05, 3.63) is 82.0 Å². The van der Waals surface area contributed by atoms with Gasteiger partial charge < -0.3 is 4.74 Å². The molecule has 1 aromatic heterocycles. The molecule has 1 atom stereocenters. The number of hydrogen-bond donors (Lipinski definition) is 1. The largest absolute Gasteiger partial charge is 0.417 e. The van der Waals surface area contributed by atoms with Gasteiger partial charge in [-0.25, -0.2) is 4.79 Å². The van der Waals surface area contributed by atoms with Crippen molar-refractivity contribution in [3.8, 4) is 5.75 Å². The lowest BCUT2D eigenvalue weighted by Crippen LogP contribution is -2.25. The molecule has 1 aliphatic rings. The predicted octanol–water partition coefficient (Wildman–Crippen LogP) is 4.24. The number of ether oxygens (including phenoxy) is 1. The summed E-state index contributed by atoms with van der Waals surface area (Å²) in [7, 11) is 0. The minimum atomic E-state index is -1.42. The van der Waals surface area contributed by atoms with E-state index < -0.39 is 29.4 Å². The molecule has 0 bridgehead atoms. The minimum Gasteiger partial charge on any atom is -0.410 e. The summed E-state index contributed by atoms with van der Waals surface area (Å²) in [6, 6.07) is 16.2. The Labute approximate surface area is 163 Å². The molecule has 0 spiro atoms. The topological polar surface area (TPSA) is 89.5 Å². The van der Waals surface area contributed by atoms with E-state index in [2.05, 4.69) is 5.32 Å². The van der Waals surface area contributed by atoms with Gasteiger partial charge in [-0.1, -0.05) is 36.4 Å². The number of Topliss-reactive ketones (excluding diaryl/α,β-unsaturated/α-hetero) is 3. The molecule has 7 heteroatoms. The van der Waals surface area contributed by atoms with Crippen LogP contribution in [0.1, 0.15) is 30.4 Å². The molecular weight excluding hydrogens is 378 g/mol. The van der Waals surface area contributed by atoms with Crippen LogP contribution < -0.4 is 10.1 Å². The number of thiophene rings is 1. The summed E-state index contributed by atoms with van der Waals surface area (Å²) in [6.45, 7) is 0. The van der Waals surface area contributed by atoms with E-state index in [1.807, 2.05) is 0 Å². The molecule has 1 aliphatic carbocycles. The van der Waals surface area contributed by atoms with Crippen LogP contribution in [0, 0.1) is 5.92 Å². The Morgan fingerprint density at radius 2 is 1.68 bits per heavy atom. The second-order valence-electron chi connectivity index (χ2n) is 6.06. The zero-order chi connectivity index (χ0) is 19.7. The molecule has 0 saturated heterocycles. The first kappa shape index (κ1) is 17.8. The van der Waals surface area contributed by atoms with Crippen molar-refractivity contribution in [1.29, 1.82) is 0 Å². The van der Waals surface area contributed by atoms with Crippen molar-refractivity contribution in [2.75, 3.05) is 5.32 Å². The van der Waals surface area contributed by atoms with Gasteiger partial charge >= 0.3 is 6.09 Å². The molecule has 6 nitrogen and oxygen atoms in total. The summed E-state index contributed by atoms with van der Waals surface area (Å²) in [5.74, 6) is -2.78. The first-order valence-corrected chi connectivity index (χ1v) is 9.27. The van der Waals surface area contributed by atoms with Crippen LogP contribution >= 0.6 is 11.3 Å². The molecule has 3 aromatic rings. The number of nitrogens with one attached hydrogen (secondary N) is 1. The van der Waals surface area contributed by atoms with Crippen molar-refractivity contribution in [1.82, 2.24) is 0 Å². The highest BCUT2D eigenvalue weighted by Crippen LogP contribution is 2.34. The van der Waals surface area contributed by atoms with Crippen molar-refractivity contribution in [3.63, 3.8) is 0 Å². The smallest absolute Gasteiger partial charge is 0.410 e. The third-order valence-corrected chi connectivity index (χ3v) is 5.20. The van der Waals surface area contributed by atoms with E-state index in [1.54, 1.807) is 53.9 Å². The van der Waals surface area contributed by atoms with Crippen molar-refractivity contribution in [2.24, 2.45) is 5.92 Å². The maximum atomic E-state index is 12.9. The number of hydrogen-bond acceptors (Lipinski definition) is 6. The van der Waals surface area contributed by atoms with Gasteiger partial charge in [0.15, 0.2) is 17.3 Å². The van der Waals surface area contributed by atoms with Crippen LogP contribution in [0.2, 0.25) is 0 Å². The first-order valence-electron chi connectivity index (χ1n) is 8.39. The van der Waals surface area contributed by atoms with Crippen LogP contribution in [0.25, 0.3) is 0 Å². The van der Waals surface area contributed by atoms with Gasteiger partial charge in [-0.3, -0.25) is 19.7 Å². The zero-order valence-corrected chi connectivity index (χ0v) is 15.2. The van der Waals surface area contributed by atoms with E-state index in [-0.39, 0.29) is 16.8 Å². The molecule has 1 amide bonds. The van der Waals surface area contributed by atoms with Crippen LogP contribution in [-0.2, 0) is 0 Å². The molecule has 138 valence electrons. The zero-order valence-electron chi connectivity index (χ0n) is 14.4. The number of carbonyl (C=O) groups excluding carboxylic acids is 4. The maximum absolute atomic E-state index is 12.9. The van der Waals surface area contributed by atoms with Gasteiger partial charge in [0.2, 0.25) is 0 Å². The highest BCUT2D eigenvalue weighted by molar-refractivity contribution is 7.12. The van der Waals surface area contributed by atoms with Gasteiger partial charge in [-0.2, -0.15) is 0 Å². The van der Waals surface area contributed by atoms with E-state index in [0.29, 0.717) is 10.6 Å². The fourth-order valence-electron chi connectivity index (χ4n) is 3.08. The lowest BCUT2D eigenvalue weighted by molar-refractivity contribution is 0.0758. The standard InChI is InChI=1S/C21H13NO5S/c23-18-13-8-4-9-14(22-21(26)27-12-6-2-1-3-7-12)16(13)20(25)17(18)19(24)15-10-5-11-28-15/h1-11,17H,(H,22,26). The summed E-state index contributed by atoms with van der Waals surface area (Å²) >= 11 is 1.17. The van der Waals surface area contributed by atoms with Gasteiger partial charge in [0.1, 0.15) is 11.7 Å². The second-order valence-corrected chi connectivity index (χ2v) is 7.01. The number of ketones is 3. The van der Waals surface area contributed by atoms with Crippen molar-refractivity contribution >= 4 is 40.5 Å². The molecule has 1 unspecified atom stereocenters. The van der Waals surface area contributed by atoms with Crippen LogP contribution in [0.3, 0.4) is 0 Å². The third kappa shape index (κ3) is 3.12. The second kappa shape index (κ2) is 7.21. The third-order valence-electron chi connectivity index (χ3n) is 4.32. The molecule has 4 rings (SSSR count). The summed E-state index contributed by atoms with van der Waals surface area (Å²) in [6.07, 6.45) is -0.798. The van der Waals surface area contributed by atoms with E-state index >= 15 is 0 Å². The van der Waals surface area contributed by atoms with Crippen LogP contribution in [-0.4, -0.2) is 23.4 Å². The molecule has 0 saturated carbocycles. The average Bonchev–Trinajstić information content (AvgIpc) is 3.30. The first-order chi connectivity index (χ1) is 13.6. The SMILES string of the molecule is O=C(Nc1cccc2c1C(=O)C(C(=O)c1cccs1)C2=O)Oc1ccccc1. The van der Waals surface area contributed by atoms with Gasteiger partial charge in [0, 0.05) is 5.56 Å². The number of para-hydroxylation sites is 1. The van der Waals surface area contributed by atoms with Crippen molar-refractivity contribution < 1.29 is 23.9 Å². The van der Waals surface area contributed by atoms with E-state index in [9.17, 15) is 19.2 Å². The number of rotatable bonds is 4. The summed E-state index contributed by atoms with van der Waals surface area (Å²) in [5.41, 5.74) is 0.295. The summed E-state index contributed by atoms with van der Waals surface area (Å²) in [4.78, 5) is 50.7. The average molecular weight is 391 g/mol. The summed E-state index contributed by atoms with van der Waals surface area (Å²) < 4.78 is 5.16. The number of benzene rings is 2. The Kier molecular flexibility index (Phi) is 4.58. The number of anilines is 1. The van der Waals surface area contributed by atoms with E-state index in [0.717, 1.165) is 0 Å². The highest BCUT2D eigenvalue weighted by atomic mass is 32.1. The predicted molar refractivity (Wildman–Crippen MR) is 103 cm³/mol.